The van der Waals surface area contributed by atoms with Gasteiger partial charge in [0.1, 0.15) is 17.6 Å². The first-order valence-corrected chi connectivity index (χ1v) is 7.67. The minimum atomic E-state index is -0.812. The lowest BCUT2D eigenvalue weighted by Crippen LogP contribution is -2.41. The zero-order valence-corrected chi connectivity index (χ0v) is 14.0. The fraction of sp³-hybridized carbons (Fsp3) is 0.158. The van der Waals surface area contributed by atoms with Gasteiger partial charge in [-0.2, -0.15) is 0 Å². The summed E-state index contributed by atoms with van der Waals surface area (Å²) in [4.78, 5) is 23.9. The summed E-state index contributed by atoms with van der Waals surface area (Å²) in [7, 11) is 1.58. The van der Waals surface area contributed by atoms with Crippen molar-refractivity contribution in [2.45, 2.75) is 13.0 Å². The molecule has 2 aromatic carbocycles. The molecular weight excluding hydrogens is 323 g/mol. The number of carbonyl (C=O) groups excluding carboxylic acids is 2. The highest BCUT2D eigenvalue weighted by Gasteiger charge is 2.15. The van der Waals surface area contributed by atoms with Gasteiger partial charge in [0.25, 0.3) is 0 Å². The zero-order valence-electron chi connectivity index (χ0n) is 14.0. The van der Waals surface area contributed by atoms with Crippen LogP contribution in [0.15, 0.2) is 54.6 Å². The van der Waals surface area contributed by atoms with E-state index in [2.05, 4.69) is 10.6 Å². The van der Waals surface area contributed by atoms with Crippen LogP contribution in [0.1, 0.15) is 12.5 Å². The van der Waals surface area contributed by atoms with Crippen LogP contribution in [-0.4, -0.2) is 25.0 Å². The highest BCUT2D eigenvalue weighted by molar-refractivity contribution is 5.99. The van der Waals surface area contributed by atoms with E-state index in [1.54, 1.807) is 43.5 Å². The van der Waals surface area contributed by atoms with Crippen LogP contribution in [0.4, 0.5) is 10.1 Å². The van der Waals surface area contributed by atoms with Crippen molar-refractivity contribution in [2.24, 2.45) is 0 Å². The van der Waals surface area contributed by atoms with Gasteiger partial charge in [-0.3, -0.25) is 9.59 Å². The number of methoxy groups -OCH3 is 1. The number of nitrogens with one attached hydrogen (secondary N) is 2. The van der Waals surface area contributed by atoms with Gasteiger partial charge in [0.05, 0.1) is 12.8 Å². The van der Waals surface area contributed by atoms with Gasteiger partial charge in [0.15, 0.2) is 0 Å². The number of amides is 2. The van der Waals surface area contributed by atoms with Crippen molar-refractivity contribution in [2.75, 3.05) is 12.4 Å². The van der Waals surface area contributed by atoms with Crippen LogP contribution in [0.5, 0.6) is 5.75 Å². The normalized spacial score (nSPS) is 11.8. The Morgan fingerprint density at radius 1 is 1.12 bits per heavy atom. The van der Waals surface area contributed by atoms with Crippen LogP contribution in [-0.2, 0) is 9.59 Å². The molecule has 0 radical (unpaired) electrons. The quantitative estimate of drug-likeness (QED) is 0.793. The van der Waals surface area contributed by atoms with Crippen LogP contribution in [0.3, 0.4) is 0 Å². The standard InChI is InChI=1S/C19H19FN2O3/c1-13(19(24)22-17-6-4-3-5-16(17)20)21-18(23)12-9-14-7-10-15(25-2)11-8-14/h3-13H,1-2H3,(H,21,23)(H,22,24)/b12-9+. The summed E-state index contributed by atoms with van der Waals surface area (Å²) >= 11 is 0. The summed E-state index contributed by atoms with van der Waals surface area (Å²) in [5.74, 6) is -0.739. The van der Waals surface area contributed by atoms with E-state index >= 15 is 0 Å². The molecule has 0 aliphatic rings. The molecule has 1 unspecified atom stereocenters. The number of hydrogen-bond acceptors (Lipinski definition) is 3. The number of carbonyl (C=O) groups is 2. The first-order chi connectivity index (χ1) is 12.0. The van der Waals surface area contributed by atoms with Crippen LogP contribution < -0.4 is 15.4 Å². The second kappa shape index (κ2) is 8.63. The van der Waals surface area contributed by atoms with Crippen molar-refractivity contribution in [1.29, 1.82) is 0 Å². The number of benzene rings is 2. The molecule has 130 valence electrons. The van der Waals surface area contributed by atoms with Gasteiger partial charge in [-0.05, 0) is 42.8 Å². The molecule has 0 fully saturated rings. The van der Waals surface area contributed by atoms with E-state index in [0.717, 1.165) is 11.3 Å². The molecular formula is C19H19FN2O3. The highest BCUT2D eigenvalue weighted by Crippen LogP contribution is 2.13. The van der Waals surface area contributed by atoms with E-state index in [4.69, 9.17) is 4.74 Å². The van der Waals surface area contributed by atoms with Gasteiger partial charge in [0.2, 0.25) is 11.8 Å². The van der Waals surface area contributed by atoms with E-state index in [0.29, 0.717) is 0 Å². The lowest BCUT2D eigenvalue weighted by molar-refractivity contribution is -0.123. The predicted octanol–water partition coefficient (Wildman–Crippen LogP) is 2.99. The van der Waals surface area contributed by atoms with E-state index in [1.807, 2.05) is 0 Å². The van der Waals surface area contributed by atoms with E-state index in [-0.39, 0.29) is 5.69 Å². The maximum absolute atomic E-state index is 13.5. The predicted molar refractivity (Wildman–Crippen MR) is 94.7 cm³/mol. The van der Waals surface area contributed by atoms with Gasteiger partial charge in [0, 0.05) is 6.08 Å². The molecule has 0 aromatic heterocycles. The second-order valence-corrected chi connectivity index (χ2v) is 5.31. The van der Waals surface area contributed by atoms with Gasteiger partial charge >= 0.3 is 0 Å². The van der Waals surface area contributed by atoms with Crippen molar-refractivity contribution >= 4 is 23.6 Å². The molecule has 1 atom stereocenters. The third-order valence-electron chi connectivity index (χ3n) is 3.43. The molecule has 0 spiro atoms. The average molecular weight is 342 g/mol. The Labute approximate surface area is 145 Å². The second-order valence-electron chi connectivity index (χ2n) is 5.31. The van der Waals surface area contributed by atoms with E-state index in [1.165, 1.54) is 31.2 Å². The topological polar surface area (TPSA) is 67.4 Å². The molecule has 0 aliphatic heterocycles. The van der Waals surface area contributed by atoms with Crippen LogP contribution in [0.25, 0.3) is 6.08 Å². The number of anilines is 1. The molecule has 0 saturated heterocycles. The molecule has 0 saturated carbocycles. The number of hydrogen-bond donors (Lipinski definition) is 2. The smallest absolute Gasteiger partial charge is 0.246 e. The Hall–Kier alpha value is -3.15. The molecule has 5 nitrogen and oxygen atoms in total. The average Bonchev–Trinajstić information content (AvgIpc) is 2.62. The molecule has 2 rings (SSSR count). The molecule has 0 aliphatic carbocycles. The van der Waals surface area contributed by atoms with E-state index in [9.17, 15) is 14.0 Å². The Balaban J connectivity index is 1.89. The van der Waals surface area contributed by atoms with Crippen molar-refractivity contribution in [3.8, 4) is 5.75 Å². The van der Waals surface area contributed by atoms with Crippen molar-refractivity contribution in [3.63, 3.8) is 0 Å². The van der Waals surface area contributed by atoms with Crippen LogP contribution in [0, 0.1) is 5.82 Å². The van der Waals surface area contributed by atoms with Crippen molar-refractivity contribution in [3.05, 3.63) is 66.0 Å². The van der Waals surface area contributed by atoms with Gasteiger partial charge < -0.3 is 15.4 Å². The number of halogens is 1. The molecule has 2 amide bonds. The molecule has 25 heavy (non-hydrogen) atoms. The Kier molecular flexibility index (Phi) is 6.28. The largest absolute Gasteiger partial charge is 0.497 e. The number of rotatable bonds is 6. The Morgan fingerprint density at radius 2 is 1.80 bits per heavy atom. The summed E-state index contributed by atoms with van der Waals surface area (Å²) in [6.45, 7) is 1.52. The highest BCUT2D eigenvalue weighted by atomic mass is 19.1. The van der Waals surface area contributed by atoms with Crippen molar-refractivity contribution < 1.29 is 18.7 Å². The Morgan fingerprint density at radius 3 is 2.44 bits per heavy atom. The maximum Gasteiger partial charge on any atom is 0.246 e. The molecule has 2 N–H and O–H groups in total. The summed E-state index contributed by atoms with van der Waals surface area (Å²) in [6.07, 6.45) is 2.95. The molecule has 2 aromatic rings. The summed E-state index contributed by atoms with van der Waals surface area (Å²) in [6, 6.07) is 12.2. The molecule has 6 heteroatoms. The number of ether oxygens (including phenoxy) is 1. The summed E-state index contributed by atoms with van der Waals surface area (Å²) < 4.78 is 18.6. The maximum atomic E-state index is 13.5. The van der Waals surface area contributed by atoms with Crippen molar-refractivity contribution in [1.82, 2.24) is 5.32 Å². The monoisotopic (exact) mass is 342 g/mol. The lowest BCUT2D eigenvalue weighted by atomic mass is 10.2. The van der Waals surface area contributed by atoms with E-state index < -0.39 is 23.7 Å². The minimum Gasteiger partial charge on any atom is -0.497 e. The van der Waals surface area contributed by atoms with Gasteiger partial charge in [-0.1, -0.05) is 24.3 Å². The third-order valence-corrected chi connectivity index (χ3v) is 3.43. The number of para-hydroxylation sites is 1. The lowest BCUT2D eigenvalue weighted by Gasteiger charge is -2.13. The molecule has 0 heterocycles. The van der Waals surface area contributed by atoms with Gasteiger partial charge in [-0.15, -0.1) is 0 Å². The first kappa shape index (κ1) is 18.2. The first-order valence-electron chi connectivity index (χ1n) is 7.67. The minimum absolute atomic E-state index is 0.0716. The fourth-order valence-electron chi connectivity index (χ4n) is 2.02. The summed E-state index contributed by atoms with van der Waals surface area (Å²) in [5, 5.41) is 4.96. The third kappa shape index (κ3) is 5.46. The summed E-state index contributed by atoms with van der Waals surface area (Å²) in [5.41, 5.74) is 0.891. The van der Waals surface area contributed by atoms with Crippen LogP contribution in [0.2, 0.25) is 0 Å². The zero-order chi connectivity index (χ0) is 18.2. The Bertz CT molecular complexity index is 772. The SMILES string of the molecule is COc1ccc(/C=C/C(=O)NC(C)C(=O)Nc2ccccc2F)cc1. The fourth-order valence-corrected chi connectivity index (χ4v) is 2.02. The van der Waals surface area contributed by atoms with Gasteiger partial charge in [-0.25, -0.2) is 4.39 Å². The van der Waals surface area contributed by atoms with Crippen LogP contribution >= 0.6 is 0 Å². The molecule has 0 bridgehead atoms.